The van der Waals surface area contributed by atoms with Gasteiger partial charge in [-0.05, 0) is 0 Å². The number of terminal acetylenes is 1. The Bertz CT molecular complexity index is 232. The Balaban J connectivity index is 4.25. The second-order valence-corrected chi connectivity index (χ2v) is 4.85. The average molecular weight is 170 g/mol. The molecule has 0 saturated carbocycles. The molecule has 6 heteroatoms. The van der Waals surface area contributed by atoms with Crippen LogP contribution in [0.3, 0.4) is 0 Å². The maximum Gasteiger partial charge on any atom is 0.320 e. The van der Waals surface area contributed by atoms with E-state index in [1.165, 1.54) is 15.0 Å². The van der Waals surface area contributed by atoms with Crippen molar-refractivity contribution in [3.63, 3.8) is 0 Å². The van der Waals surface area contributed by atoms with E-state index in [0.717, 1.165) is 0 Å². The van der Waals surface area contributed by atoms with Gasteiger partial charge >= 0.3 is 7.00 Å². The Labute approximate surface area is 67.9 Å². The van der Waals surface area contributed by atoms with Gasteiger partial charge in [-0.15, -0.1) is 12.2 Å². The van der Waals surface area contributed by atoms with Crippen molar-refractivity contribution in [3.05, 3.63) is 0 Å². The Hall–Kier alpha value is -0.450. The Kier molecular flexibility index (Phi) is 4.25. The normalized spacial score (nSPS) is 14.5. The number of carbonyl (C=O) groups is 1. The van der Waals surface area contributed by atoms with E-state index in [-0.39, 0.29) is 18.8 Å². The smallest absolute Gasteiger partial charge is 0.320 e. The first-order valence-electron chi connectivity index (χ1n) is 3.11. The molecule has 0 N–H and O–H groups in total. The minimum atomic E-state index is -2.84. The van der Waals surface area contributed by atoms with Gasteiger partial charge in [0.15, 0.2) is 15.1 Å². The Morgan fingerprint density at radius 1 is 1.91 bits per heavy atom. The van der Waals surface area contributed by atoms with Gasteiger partial charge in [0.1, 0.15) is 0 Å². The van der Waals surface area contributed by atoms with E-state index in [4.69, 9.17) is 6.42 Å². The molecule has 1 unspecified atom stereocenters. The molecule has 0 aliphatic heterocycles. The van der Waals surface area contributed by atoms with Gasteiger partial charge in [0.2, 0.25) is 0 Å². The fourth-order valence-electron chi connectivity index (χ4n) is 0.663. The summed E-state index contributed by atoms with van der Waals surface area (Å²) in [7, 11) is -0.172. The molecular formula is C5H9B2O3P. The van der Waals surface area contributed by atoms with Crippen LogP contribution in [0.1, 0.15) is 0 Å². The SMILES string of the molecule is BC(=O)CP(=O)(BC#C)OC. The van der Waals surface area contributed by atoms with E-state index in [1.807, 2.05) is 0 Å². The van der Waals surface area contributed by atoms with E-state index >= 15 is 0 Å². The monoisotopic (exact) mass is 170 g/mol. The van der Waals surface area contributed by atoms with Crippen molar-refractivity contribution < 1.29 is 13.9 Å². The lowest BCUT2D eigenvalue weighted by atomic mass is 10.1. The number of hydrogen-bond acceptors (Lipinski definition) is 3. The summed E-state index contributed by atoms with van der Waals surface area (Å²) in [5.74, 6) is 2.22. The van der Waals surface area contributed by atoms with Gasteiger partial charge in [-0.2, -0.15) is 0 Å². The number of rotatable bonds is 4. The second kappa shape index (κ2) is 4.43. The van der Waals surface area contributed by atoms with E-state index < -0.39 is 7.25 Å². The summed E-state index contributed by atoms with van der Waals surface area (Å²) in [5, 5.41) is 0. The van der Waals surface area contributed by atoms with Crippen LogP contribution in [0.2, 0.25) is 0 Å². The van der Waals surface area contributed by atoms with Crippen molar-refractivity contribution >= 4 is 27.8 Å². The van der Waals surface area contributed by atoms with Gasteiger partial charge in [-0.25, -0.2) is 0 Å². The van der Waals surface area contributed by atoms with Crippen LogP contribution in [-0.2, 0) is 13.9 Å². The molecule has 0 aromatic carbocycles. The predicted octanol–water partition coefficient (Wildman–Crippen LogP) is -0.987. The second-order valence-electron chi connectivity index (χ2n) is 2.22. The quantitative estimate of drug-likeness (QED) is 0.309. The van der Waals surface area contributed by atoms with Gasteiger partial charge < -0.3 is 13.9 Å². The van der Waals surface area contributed by atoms with Gasteiger partial charge in [0.05, 0.1) is 11.8 Å². The highest BCUT2D eigenvalue weighted by molar-refractivity contribution is 7.89. The molecular weight excluding hydrogens is 161 g/mol. The largest absolute Gasteiger partial charge is 0.338 e. The lowest BCUT2D eigenvalue weighted by molar-refractivity contribution is -0.109. The highest BCUT2D eigenvalue weighted by Gasteiger charge is 2.23. The Morgan fingerprint density at radius 3 is 2.73 bits per heavy atom. The highest BCUT2D eigenvalue weighted by atomic mass is 31.2. The zero-order valence-electron chi connectivity index (χ0n) is 6.66. The molecule has 3 nitrogen and oxygen atoms in total. The third-order valence-electron chi connectivity index (χ3n) is 1.13. The lowest BCUT2D eigenvalue weighted by Gasteiger charge is -2.09. The molecule has 0 radical (unpaired) electrons. The Morgan fingerprint density at radius 2 is 2.45 bits per heavy atom. The van der Waals surface area contributed by atoms with Gasteiger partial charge in [-0.1, -0.05) is 0 Å². The molecule has 0 aromatic heterocycles. The molecule has 11 heavy (non-hydrogen) atoms. The third-order valence-corrected chi connectivity index (χ3v) is 3.39. The zero-order chi connectivity index (χ0) is 8.91. The summed E-state index contributed by atoms with van der Waals surface area (Å²) in [6.45, 7) is 0.0308. The number of hydrogen-bond donors (Lipinski definition) is 0. The summed E-state index contributed by atoms with van der Waals surface area (Å²) in [5.41, 5.74) is -0.162. The first-order chi connectivity index (χ1) is 5.04. The molecule has 1 atom stereocenters. The molecule has 0 fully saturated rings. The van der Waals surface area contributed by atoms with Crippen molar-refractivity contribution in [1.82, 2.24) is 0 Å². The van der Waals surface area contributed by atoms with Crippen LogP contribution in [0.4, 0.5) is 0 Å². The highest BCUT2D eigenvalue weighted by Crippen LogP contribution is 2.42. The van der Waals surface area contributed by atoms with E-state index in [9.17, 15) is 9.36 Å². The van der Waals surface area contributed by atoms with Gasteiger partial charge in [0.25, 0.3) is 0 Å². The number of carbonyl (C=O) groups excluding carboxylic acids is 1. The first-order valence-corrected chi connectivity index (χ1v) is 5.10. The summed E-state index contributed by atoms with van der Waals surface area (Å²) in [6, 6.07) is 0. The maximum absolute atomic E-state index is 11.4. The minimum Gasteiger partial charge on any atom is -0.338 e. The van der Waals surface area contributed by atoms with Crippen molar-refractivity contribution in [2.75, 3.05) is 13.3 Å². The van der Waals surface area contributed by atoms with E-state index in [2.05, 4.69) is 10.3 Å². The topological polar surface area (TPSA) is 43.4 Å². The average Bonchev–Trinajstić information content (AvgIpc) is 1.87. The van der Waals surface area contributed by atoms with Crippen LogP contribution < -0.4 is 0 Å². The van der Waals surface area contributed by atoms with Crippen molar-refractivity contribution in [3.8, 4) is 12.2 Å². The fraction of sp³-hybridized carbons (Fsp3) is 0.400. The van der Waals surface area contributed by atoms with Crippen LogP contribution in [-0.4, -0.2) is 33.8 Å². The van der Waals surface area contributed by atoms with Crippen molar-refractivity contribution in [2.45, 2.75) is 0 Å². The standard InChI is InChI=1S/C5H9B2O3P/c1-3-7-11(9,10-2)4-5(6)8/h1,7H,4,6H2,2H3. The van der Waals surface area contributed by atoms with Crippen molar-refractivity contribution in [2.24, 2.45) is 0 Å². The van der Waals surface area contributed by atoms with Crippen LogP contribution in [0, 0.1) is 12.2 Å². The molecule has 0 amide bonds. The zero-order valence-corrected chi connectivity index (χ0v) is 7.56. The molecule has 58 valence electrons. The maximum atomic E-state index is 11.4. The van der Waals surface area contributed by atoms with Crippen molar-refractivity contribution in [1.29, 1.82) is 0 Å². The first kappa shape index (κ1) is 10.5. The summed E-state index contributed by atoms with van der Waals surface area (Å²) in [6.07, 6.45) is 4.89. The van der Waals surface area contributed by atoms with E-state index in [1.54, 1.807) is 0 Å². The molecule has 0 spiro atoms. The van der Waals surface area contributed by atoms with Crippen LogP contribution >= 0.6 is 7.25 Å². The lowest BCUT2D eigenvalue weighted by Crippen LogP contribution is -2.09. The molecule has 0 heterocycles. The molecule has 0 aromatic rings. The summed E-state index contributed by atoms with van der Waals surface area (Å²) in [4.78, 5) is 10.6. The van der Waals surface area contributed by atoms with Crippen LogP contribution in [0.15, 0.2) is 0 Å². The van der Waals surface area contributed by atoms with Gasteiger partial charge in [0, 0.05) is 7.11 Å². The molecule has 0 rings (SSSR count). The van der Waals surface area contributed by atoms with Crippen LogP contribution in [0.25, 0.3) is 0 Å². The van der Waals surface area contributed by atoms with E-state index in [0.29, 0.717) is 0 Å². The van der Waals surface area contributed by atoms with Gasteiger partial charge in [-0.3, -0.25) is 0 Å². The minimum absolute atomic E-state index is 0.0308. The molecule has 0 aliphatic carbocycles. The van der Waals surface area contributed by atoms with Crippen LogP contribution in [0.5, 0.6) is 0 Å². The summed E-state index contributed by atoms with van der Waals surface area (Å²) >= 11 is 0. The molecule has 0 bridgehead atoms. The molecule has 0 saturated heterocycles. The predicted molar refractivity (Wildman–Crippen MR) is 49.0 cm³/mol. The summed E-state index contributed by atoms with van der Waals surface area (Å²) < 4.78 is 16.1. The third kappa shape index (κ3) is 4.08. The fourth-order valence-corrected chi connectivity index (χ4v) is 1.99. The molecule has 0 aliphatic rings.